The van der Waals surface area contributed by atoms with Crippen LogP contribution in [0, 0.1) is 13.8 Å². The van der Waals surface area contributed by atoms with Gasteiger partial charge in [-0.1, -0.05) is 60.7 Å². The van der Waals surface area contributed by atoms with Crippen LogP contribution in [-0.2, 0) is 0 Å². The number of nitrogens with zero attached hydrogens (tertiary/aromatic N) is 3. The normalized spacial score (nSPS) is 11.8. The van der Waals surface area contributed by atoms with E-state index < -0.39 is 0 Å². The van der Waals surface area contributed by atoms with Gasteiger partial charge in [-0.15, -0.1) is 0 Å². The lowest BCUT2D eigenvalue weighted by atomic mass is 10.2. The number of aromatic nitrogens is 3. The molecule has 3 aromatic heterocycles. The molecule has 3 heterocycles. The number of aryl methyl sites for hydroxylation is 2. The lowest BCUT2D eigenvalue weighted by molar-refractivity contribution is 1.15. The van der Waals surface area contributed by atoms with Gasteiger partial charge in [-0.3, -0.25) is 0 Å². The van der Waals surface area contributed by atoms with Crippen LogP contribution in [0.25, 0.3) is 55.2 Å². The molecule has 0 aliphatic carbocycles. The van der Waals surface area contributed by atoms with Crippen LogP contribution in [0.4, 0.5) is 0 Å². The Balaban J connectivity index is 1.69. The molecule has 4 aromatic carbocycles. The second-order valence-corrected chi connectivity index (χ2v) is 9.11. The molecule has 0 amide bonds. The van der Waals surface area contributed by atoms with Crippen molar-refractivity contribution in [3.05, 3.63) is 114 Å². The van der Waals surface area contributed by atoms with E-state index in [0.717, 1.165) is 33.4 Å². The van der Waals surface area contributed by atoms with E-state index in [2.05, 4.69) is 126 Å². The number of hydrogen-bond donors (Lipinski definition) is 0. The number of rotatable bonds is 2. The third-order valence-corrected chi connectivity index (χ3v) is 6.78. The van der Waals surface area contributed by atoms with Crippen LogP contribution in [0.1, 0.15) is 11.1 Å². The van der Waals surface area contributed by atoms with Crippen LogP contribution in [0.3, 0.4) is 0 Å². The van der Waals surface area contributed by atoms with E-state index in [9.17, 15) is 0 Å². The molecular formula is C31H23N3. The highest BCUT2D eigenvalue weighted by Gasteiger charge is 2.19. The summed E-state index contributed by atoms with van der Waals surface area (Å²) in [5, 5.41) is 2.35. The van der Waals surface area contributed by atoms with Crippen molar-refractivity contribution >= 4 is 43.9 Å². The summed E-state index contributed by atoms with van der Waals surface area (Å²) < 4.78 is 4.70. The van der Waals surface area contributed by atoms with E-state index in [-0.39, 0.29) is 0 Å². The first-order valence-electron chi connectivity index (χ1n) is 11.7. The van der Waals surface area contributed by atoms with E-state index >= 15 is 0 Å². The van der Waals surface area contributed by atoms with Crippen LogP contribution in [0.15, 0.2) is 103 Å². The molecule has 0 aliphatic heterocycles. The summed E-state index contributed by atoms with van der Waals surface area (Å²) in [6, 6.07) is 36.9. The molecule has 0 radical (unpaired) electrons. The monoisotopic (exact) mass is 437 g/mol. The highest BCUT2D eigenvalue weighted by Crippen LogP contribution is 2.37. The fourth-order valence-electron chi connectivity index (χ4n) is 5.32. The zero-order chi connectivity index (χ0) is 22.8. The number of benzene rings is 4. The molecule has 0 atom stereocenters. The average molecular weight is 438 g/mol. The minimum Gasteiger partial charge on any atom is -0.308 e. The first-order valence-corrected chi connectivity index (χ1v) is 11.7. The summed E-state index contributed by atoms with van der Waals surface area (Å²) in [5.41, 5.74) is 11.5. The highest BCUT2D eigenvalue weighted by molar-refractivity contribution is 6.15. The van der Waals surface area contributed by atoms with Gasteiger partial charge in [0.05, 0.1) is 33.1 Å². The minimum absolute atomic E-state index is 1.04. The Morgan fingerprint density at radius 1 is 0.471 bits per heavy atom. The van der Waals surface area contributed by atoms with Gasteiger partial charge in [0.2, 0.25) is 0 Å². The Hall–Kier alpha value is -4.37. The Morgan fingerprint density at radius 2 is 0.941 bits per heavy atom. The predicted molar refractivity (Wildman–Crippen MR) is 142 cm³/mol. The van der Waals surface area contributed by atoms with Gasteiger partial charge in [0.1, 0.15) is 0 Å². The third kappa shape index (κ3) is 2.67. The standard InChI is InChI=1S/C31H23N3/c1-20-9-7-11-22(17-20)33-26-15-5-3-13-24(26)30-28(33)19-29-31(32-30)25-14-4-6-16-27(25)34(29)23-12-8-10-21(2)18-23/h3-19H,1-2H3. The van der Waals surface area contributed by atoms with Crippen molar-refractivity contribution in [2.24, 2.45) is 0 Å². The average Bonchev–Trinajstić information content (AvgIpc) is 3.35. The molecular weight excluding hydrogens is 414 g/mol. The van der Waals surface area contributed by atoms with Gasteiger partial charge in [0.15, 0.2) is 0 Å². The molecule has 3 heteroatoms. The topological polar surface area (TPSA) is 22.8 Å². The molecule has 0 bridgehead atoms. The van der Waals surface area contributed by atoms with Crippen molar-refractivity contribution in [2.75, 3.05) is 0 Å². The van der Waals surface area contributed by atoms with E-state index in [1.54, 1.807) is 0 Å². The Morgan fingerprint density at radius 3 is 1.41 bits per heavy atom. The van der Waals surface area contributed by atoms with Crippen molar-refractivity contribution in [1.82, 2.24) is 14.1 Å². The zero-order valence-corrected chi connectivity index (χ0v) is 19.2. The summed E-state index contributed by atoms with van der Waals surface area (Å²) in [5.74, 6) is 0. The number of hydrogen-bond acceptors (Lipinski definition) is 1. The summed E-state index contributed by atoms with van der Waals surface area (Å²) in [6.45, 7) is 4.28. The van der Waals surface area contributed by atoms with Crippen molar-refractivity contribution < 1.29 is 0 Å². The van der Waals surface area contributed by atoms with E-state index in [4.69, 9.17) is 4.98 Å². The SMILES string of the molecule is Cc1cccc(-n2c3ccccc3c3nc4c5ccccc5n(-c5cccc(C)c5)c4cc32)c1. The molecule has 3 nitrogen and oxygen atoms in total. The fourth-order valence-corrected chi connectivity index (χ4v) is 5.32. The summed E-state index contributed by atoms with van der Waals surface area (Å²) in [7, 11) is 0. The summed E-state index contributed by atoms with van der Waals surface area (Å²) in [6.07, 6.45) is 0. The van der Waals surface area contributed by atoms with Gasteiger partial charge in [-0.25, -0.2) is 4.98 Å². The molecule has 7 aromatic rings. The van der Waals surface area contributed by atoms with Crippen LogP contribution in [0.2, 0.25) is 0 Å². The largest absolute Gasteiger partial charge is 0.308 e. The Bertz CT molecular complexity index is 1750. The Kier molecular flexibility index (Phi) is 3.97. The maximum atomic E-state index is 5.33. The smallest absolute Gasteiger partial charge is 0.0972 e. The molecule has 0 fully saturated rings. The second-order valence-electron chi connectivity index (χ2n) is 9.11. The molecule has 0 aliphatic rings. The molecule has 0 unspecified atom stereocenters. The lowest BCUT2D eigenvalue weighted by Gasteiger charge is -2.10. The number of fused-ring (bicyclic) bond motifs is 6. The predicted octanol–water partition coefficient (Wildman–Crippen LogP) is 7.89. The molecule has 0 N–H and O–H groups in total. The van der Waals surface area contributed by atoms with Gasteiger partial charge in [-0.05, 0) is 67.4 Å². The molecule has 162 valence electrons. The van der Waals surface area contributed by atoms with Gasteiger partial charge in [0.25, 0.3) is 0 Å². The number of para-hydroxylation sites is 2. The van der Waals surface area contributed by atoms with Crippen LogP contribution in [0.5, 0.6) is 0 Å². The Labute approximate surface area is 197 Å². The molecule has 0 saturated carbocycles. The minimum atomic E-state index is 1.04. The van der Waals surface area contributed by atoms with Gasteiger partial charge in [-0.2, -0.15) is 0 Å². The number of pyridine rings is 1. The van der Waals surface area contributed by atoms with Gasteiger partial charge in [0, 0.05) is 22.1 Å². The molecule has 0 spiro atoms. The lowest BCUT2D eigenvalue weighted by Crippen LogP contribution is -1.97. The van der Waals surface area contributed by atoms with Crippen LogP contribution < -0.4 is 0 Å². The van der Waals surface area contributed by atoms with Crippen molar-refractivity contribution in [3.63, 3.8) is 0 Å². The highest BCUT2D eigenvalue weighted by atomic mass is 15.0. The second kappa shape index (κ2) is 7.06. The third-order valence-electron chi connectivity index (χ3n) is 6.78. The molecule has 34 heavy (non-hydrogen) atoms. The maximum Gasteiger partial charge on any atom is 0.0972 e. The van der Waals surface area contributed by atoms with E-state index in [0.29, 0.717) is 0 Å². The zero-order valence-electron chi connectivity index (χ0n) is 19.2. The van der Waals surface area contributed by atoms with Crippen molar-refractivity contribution in [3.8, 4) is 11.4 Å². The van der Waals surface area contributed by atoms with Gasteiger partial charge >= 0.3 is 0 Å². The first-order chi connectivity index (χ1) is 16.7. The van der Waals surface area contributed by atoms with Crippen molar-refractivity contribution in [1.29, 1.82) is 0 Å². The maximum absolute atomic E-state index is 5.33. The quantitative estimate of drug-likeness (QED) is 0.270. The van der Waals surface area contributed by atoms with Crippen LogP contribution >= 0.6 is 0 Å². The van der Waals surface area contributed by atoms with Gasteiger partial charge < -0.3 is 9.13 Å². The van der Waals surface area contributed by atoms with E-state index in [1.165, 1.54) is 32.9 Å². The first kappa shape index (κ1) is 19.1. The van der Waals surface area contributed by atoms with Crippen LogP contribution in [-0.4, -0.2) is 14.1 Å². The molecule has 7 rings (SSSR count). The summed E-state index contributed by atoms with van der Waals surface area (Å²) in [4.78, 5) is 5.33. The fraction of sp³-hybridized carbons (Fsp3) is 0.0645. The summed E-state index contributed by atoms with van der Waals surface area (Å²) >= 11 is 0. The van der Waals surface area contributed by atoms with E-state index in [1.807, 2.05) is 0 Å². The molecule has 0 saturated heterocycles. The van der Waals surface area contributed by atoms with Crippen molar-refractivity contribution in [2.45, 2.75) is 13.8 Å².